The first-order valence-corrected chi connectivity index (χ1v) is 9.14. The molecule has 3 rings (SSSR count). The molecule has 0 bridgehead atoms. The van der Waals surface area contributed by atoms with Gasteiger partial charge >= 0.3 is 6.18 Å². The molecule has 1 amide bonds. The van der Waals surface area contributed by atoms with Gasteiger partial charge in [0.05, 0.1) is 23.4 Å². The number of hydrogen-bond donors (Lipinski definition) is 1. The van der Waals surface area contributed by atoms with Crippen molar-refractivity contribution in [1.82, 2.24) is 14.9 Å². The molecule has 31 heavy (non-hydrogen) atoms. The number of carbonyl (C=O) groups is 1. The standard InChI is InChI=1S/C22H17F3N4O2/c1-13-19(15-4-3-5-16(8-15)22(23,24)25)20(30)18(21(31)27-2)12-29(13)11-17-7-6-14(9-26)10-28-17/h3-8,10,12H,11H2,1-2H3,(H,27,31). The van der Waals surface area contributed by atoms with E-state index in [2.05, 4.69) is 10.3 Å². The van der Waals surface area contributed by atoms with Gasteiger partial charge in [0.1, 0.15) is 11.6 Å². The molecule has 0 radical (unpaired) electrons. The average Bonchev–Trinajstić information content (AvgIpc) is 2.75. The van der Waals surface area contributed by atoms with Crippen molar-refractivity contribution in [2.24, 2.45) is 0 Å². The Balaban J connectivity index is 2.21. The molecule has 3 aromatic rings. The van der Waals surface area contributed by atoms with Gasteiger partial charge in [0.15, 0.2) is 0 Å². The van der Waals surface area contributed by atoms with Crippen LogP contribution in [0.15, 0.2) is 53.6 Å². The summed E-state index contributed by atoms with van der Waals surface area (Å²) in [6.45, 7) is 1.74. The minimum absolute atomic E-state index is 0.000782. The highest BCUT2D eigenvalue weighted by Crippen LogP contribution is 2.32. The smallest absolute Gasteiger partial charge is 0.355 e. The van der Waals surface area contributed by atoms with Crippen LogP contribution in [0.3, 0.4) is 0 Å². The number of rotatable bonds is 4. The van der Waals surface area contributed by atoms with Crippen molar-refractivity contribution in [3.8, 4) is 17.2 Å². The Hall–Kier alpha value is -3.93. The van der Waals surface area contributed by atoms with Gasteiger partial charge in [-0.1, -0.05) is 12.1 Å². The maximum Gasteiger partial charge on any atom is 0.416 e. The molecule has 6 nitrogen and oxygen atoms in total. The molecule has 1 N–H and O–H groups in total. The molecule has 0 saturated carbocycles. The number of hydrogen-bond acceptors (Lipinski definition) is 4. The molecule has 0 aliphatic heterocycles. The maximum atomic E-state index is 13.2. The molecule has 0 unspecified atom stereocenters. The molecule has 0 aliphatic rings. The molecule has 2 aromatic heterocycles. The SMILES string of the molecule is CNC(=O)c1cn(Cc2ccc(C#N)cn2)c(C)c(-c2cccc(C(F)(F)F)c2)c1=O. The number of halogens is 3. The van der Waals surface area contributed by atoms with Gasteiger partial charge in [0, 0.05) is 30.7 Å². The summed E-state index contributed by atoms with van der Waals surface area (Å²) < 4.78 is 41.2. The summed E-state index contributed by atoms with van der Waals surface area (Å²) in [5.41, 5.74) is -0.405. The third-order valence-corrected chi connectivity index (χ3v) is 4.79. The lowest BCUT2D eigenvalue weighted by atomic mass is 9.98. The summed E-state index contributed by atoms with van der Waals surface area (Å²) >= 11 is 0. The van der Waals surface area contributed by atoms with Crippen molar-refractivity contribution < 1.29 is 18.0 Å². The number of pyridine rings is 2. The van der Waals surface area contributed by atoms with E-state index in [-0.39, 0.29) is 23.2 Å². The highest BCUT2D eigenvalue weighted by Gasteiger charge is 2.31. The Morgan fingerprint density at radius 2 is 2.00 bits per heavy atom. The molecule has 0 spiro atoms. The second kappa shape index (κ2) is 8.44. The van der Waals surface area contributed by atoms with Crippen molar-refractivity contribution in [3.05, 3.63) is 87.1 Å². The predicted octanol–water partition coefficient (Wildman–Crippen LogP) is 3.52. The van der Waals surface area contributed by atoms with E-state index in [0.717, 1.165) is 12.1 Å². The van der Waals surface area contributed by atoms with Crippen molar-refractivity contribution >= 4 is 5.91 Å². The van der Waals surface area contributed by atoms with Crippen LogP contribution in [0, 0.1) is 18.3 Å². The number of alkyl halides is 3. The summed E-state index contributed by atoms with van der Waals surface area (Å²) in [5, 5.41) is 11.3. The van der Waals surface area contributed by atoms with Crippen LogP contribution < -0.4 is 10.7 Å². The van der Waals surface area contributed by atoms with Gasteiger partial charge in [-0.15, -0.1) is 0 Å². The van der Waals surface area contributed by atoms with E-state index in [0.29, 0.717) is 17.0 Å². The Morgan fingerprint density at radius 1 is 1.26 bits per heavy atom. The molecule has 158 valence electrons. The van der Waals surface area contributed by atoms with Crippen LogP contribution >= 0.6 is 0 Å². The Bertz CT molecular complexity index is 1240. The predicted molar refractivity (Wildman–Crippen MR) is 107 cm³/mol. The van der Waals surface area contributed by atoms with Crippen LogP contribution in [0.1, 0.15) is 32.9 Å². The van der Waals surface area contributed by atoms with Crippen LogP contribution in [-0.4, -0.2) is 22.5 Å². The van der Waals surface area contributed by atoms with Gasteiger partial charge in [0.25, 0.3) is 5.91 Å². The highest BCUT2D eigenvalue weighted by molar-refractivity contribution is 5.95. The number of carbonyl (C=O) groups excluding carboxylic acids is 1. The van der Waals surface area contributed by atoms with Gasteiger partial charge in [0.2, 0.25) is 5.43 Å². The fraction of sp³-hybridized carbons (Fsp3) is 0.182. The maximum absolute atomic E-state index is 13.2. The number of benzene rings is 1. The summed E-state index contributed by atoms with van der Waals surface area (Å²) in [5.74, 6) is -0.653. The van der Waals surface area contributed by atoms with Crippen molar-refractivity contribution in [2.45, 2.75) is 19.6 Å². The van der Waals surface area contributed by atoms with E-state index in [1.54, 1.807) is 23.6 Å². The molecule has 9 heteroatoms. The first kappa shape index (κ1) is 21.8. The zero-order valence-electron chi connectivity index (χ0n) is 16.6. The Labute approximate surface area is 175 Å². The largest absolute Gasteiger partial charge is 0.416 e. The monoisotopic (exact) mass is 426 g/mol. The second-order valence-corrected chi connectivity index (χ2v) is 6.77. The number of nitrogens with zero attached hydrogens (tertiary/aromatic N) is 3. The molecule has 0 aliphatic carbocycles. The van der Waals surface area contributed by atoms with Gasteiger partial charge < -0.3 is 9.88 Å². The lowest BCUT2D eigenvalue weighted by Gasteiger charge is -2.17. The topological polar surface area (TPSA) is 87.8 Å². The minimum Gasteiger partial charge on any atom is -0.355 e. The fourth-order valence-corrected chi connectivity index (χ4v) is 3.16. The van der Waals surface area contributed by atoms with E-state index in [9.17, 15) is 22.8 Å². The minimum atomic E-state index is -4.58. The van der Waals surface area contributed by atoms with Gasteiger partial charge in [-0.05, 0) is 36.8 Å². The highest BCUT2D eigenvalue weighted by atomic mass is 19.4. The molecule has 0 saturated heterocycles. The molecular formula is C22H17F3N4O2. The number of amides is 1. The number of nitrogens with one attached hydrogen (secondary N) is 1. The summed E-state index contributed by atoms with van der Waals surface area (Å²) in [4.78, 5) is 29.5. The summed E-state index contributed by atoms with van der Waals surface area (Å²) in [6, 6.07) is 9.59. The van der Waals surface area contributed by atoms with Crippen molar-refractivity contribution in [1.29, 1.82) is 5.26 Å². The lowest BCUT2D eigenvalue weighted by molar-refractivity contribution is -0.137. The van der Waals surface area contributed by atoms with E-state index < -0.39 is 23.1 Å². The zero-order valence-corrected chi connectivity index (χ0v) is 16.6. The van der Waals surface area contributed by atoms with Crippen molar-refractivity contribution in [2.75, 3.05) is 7.05 Å². The Morgan fingerprint density at radius 3 is 2.58 bits per heavy atom. The summed E-state index contributed by atoms with van der Waals surface area (Å²) in [7, 11) is 1.36. The third-order valence-electron chi connectivity index (χ3n) is 4.79. The van der Waals surface area contributed by atoms with Crippen LogP contribution in [0.2, 0.25) is 0 Å². The van der Waals surface area contributed by atoms with Crippen LogP contribution in [0.5, 0.6) is 0 Å². The zero-order chi connectivity index (χ0) is 22.8. The number of aromatic nitrogens is 2. The van der Waals surface area contributed by atoms with E-state index in [1.807, 2.05) is 6.07 Å². The molecule has 0 fully saturated rings. The normalized spacial score (nSPS) is 11.1. The fourth-order valence-electron chi connectivity index (χ4n) is 3.16. The van der Waals surface area contributed by atoms with Crippen LogP contribution in [0.4, 0.5) is 13.2 Å². The van der Waals surface area contributed by atoms with E-state index in [4.69, 9.17) is 5.26 Å². The van der Waals surface area contributed by atoms with E-state index in [1.165, 1.54) is 31.6 Å². The van der Waals surface area contributed by atoms with Gasteiger partial charge in [-0.3, -0.25) is 14.6 Å². The quantitative estimate of drug-likeness (QED) is 0.692. The van der Waals surface area contributed by atoms with E-state index >= 15 is 0 Å². The van der Waals surface area contributed by atoms with Crippen LogP contribution in [0.25, 0.3) is 11.1 Å². The Kier molecular flexibility index (Phi) is 5.92. The number of nitriles is 1. The molecule has 1 aromatic carbocycles. The average molecular weight is 426 g/mol. The second-order valence-electron chi connectivity index (χ2n) is 6.77. The third kappa shape index (κ3) is 4.48. The first-order chi connectivity index (χ1) is 14.7. The molecular weight excluding hydrogens is 409 g/mol. The van der Waals surface area contributed by atoms with Gasteiger partial charge in [-0.2, -0.15) is 18.4 Å². The lowest BCUT2D eigenvalue weighted by Crippen LogP contribution is -2.29. The van der Waals surface area contributed by atoms with Crippen LogP contribution in [-0.2, 0) is 12.7 Å². The van der Waals surface area contributed by atoms with Gasteiger partial charge in [-0.25, -0.2) is 0 Å². The van der Waals surface area contributed by atoms with Crippen molar-refractivity contribution in [3.63, 3.8) is 0 Å². The first-order valence-electron chi connectivity index (χ1n) is 9.14. The summed E-state index contributed by atoms with van der Waals surface area (Å²) in [6.07, 6.45) is -1.83. The molecule has 2 heterocycles. The molecule has 0 atom stereocenters.